The van der Waals surface area contributed by atoms with Gasteiger partial charge in [-0.2, -0.15) is 4.98 Å². The molecule has 2 heterocycles. The van der Waals surface area contributed by atoms with Crippen molar-refractivity contribution in [2.24, 2.45) is 0 Å². The van der Waals surface area contributed by atoms with Gasteiger partial charge in [0.1, 0.15) is 6.10 Å². The van der Waals surface area contributed by atoms with E-state index in [1.807, 2.05) is 40.7 Å². The molecule has 1 aromatic carbocycles. The van der Waals surface area contributed by atoms with Crippen molar-refractivity contribution in [3.8, 4) is 5.88 Å². The molecule has 0 unspecified atom stereocenters. The van der Waals surface area contributed by atoms with Gasteiger partial charge in [0.2, 0.25) is 11.8 Å². The first kappa shape index (κ1) is 23.5. The van der Waals surface area contributed by atoms with Crippen molar-refractivity contribution >= 4 is 30.2 Å². The molecular formula is C24H32BN3O5. The van der Waals surface area contributed by atoms with E-state index in [1.54, 1.807) is 18.3 Å². The Bertz CT molecular complexity index is 1020. The smallest absolute Gasteiger partial charge is 0.474 e. The van der Waals surface area contributed by atoms with E-state index in [4.69, 9.17) is 18.8 Å². The molecule has 1 N–H and O–H groups in total. The fraction of sp³-hybridized carbons (Fsp3) is 0.542. The maximum absolute atomic E-state index is 12.6. The van der Waals surface area contributed by atoms with Gasteiger partial charge in [0.15, 0.2) is 0 Å². The number of benzene rings is 1. The Morgan fingerprint density at radius 2 is 1.82 bits per heavy atom. The quantitative estimate of drug-likeness (QED) is 0.520. The Morgan fingerprint density at radius 1 is 1.15 bits per heavy atom. The number of esters is 1. The number of anilines is 2. The normalized spacial score (nSPS) is 19.5. The first-order valence-electron chi connectivity index (χ1n) is 11.4. The lowest BCUT2D eigenvalue weighted by molar-refractivity contribution is 0.00578. The summed E-state index contributed by atoms with van der Waals surface area (Å²) in [7, 11) is 0.673. The summed E-state index contributed by atoms with van der Waals surface area (Å²) >= 11 is 0. The molecule has 1 saturated heterocycles. The number of hydrogen-bond acceptors (Lipinski definition) is 8. The topological polar surface area (TPSA) is 91.8 Å². The number of nitrogens with one attached hydrogen (secondary N) is 1. The molecule has 176 valence electrons. The molecular weight excluding hydrogens is 421 g/mol. The molecule has 1 aromatic heterocycles. The van der Waals surface area contributed by atoms with Crippen molar-refractivity contribution in [1.29, 1.82) is 0 Å². The van der Waals surface area contributed by atoms with Crippen LogP contribution in [-0.4, -0.2) is 47.5 Å². The van der Waals surface area contributed by atoms with E-state index in [2.05, 4.69) is 15.3 Å². The Balaban J connectivity index is 1.59. The van der Waals surface area contributed by atoms with Crippen LogP contribution in [0.15, 0.2) is 24.4 Å². The van der Waals surface area contributed by atoms with Gasteiger partial charge in [-0.05, 0) is 77.9 Å². The summed E-state index contributed by atoms with van der Waals surface area (Å²) in [5.41, 5.74) is 1.46. The lowest BCUT2D eigenvalue weighted by Gasteiger charge is -2.32. The first-order valence-corrected chi connectivity index (χ1v) is 11.4. The van der Waals surface area contributed by atoms with Gasteiger partial charge in [0.05, 0.1) is 23.9 Å². The van der Waals surface area contributed by atoms with E-state index in [9.17, 15) is 4.79 Å². The minimum atomic E-state index is -0.680. The van der Waals surface area contributed by atoms with Gasteiger partial charge in [-0.15, -0.1) is 0 Å². The van der Waals surface area contributed by atoms with E-state index < -0.39 is 24.3 Å². The summed E-state index contributed by atoms with van der Waals surface area (Å²) in [4.78, 5) is 21.5. The minimum absolute atomic E-state index is 0.205. The predicted octanol–water partition coefficient (Wildman–Crippen LogP) is 3.94. The third-order valence-corrected chi connectivity index (χ3v) is 6.73. The molecule has 8 nitrogen and oxygen atoms in total. The second-order valence-corrected chi connectivity index (χ2v) is 9.71. The first-order chi connectivity index (χ1) is 15.6. The molecule has 2 aliphatic rings. The zero-order valence-corrected chi connectivity index (χ0v) is 20.2. The maximum atomic E-state index is 12.6. The fourth-order valence-electron chi connectivity index (χ4n) is 4.00. The Hall–Kier alpha value is -2.65. The summed E-state index contributed by atoms with van der Waals surface area (Å²) in [6, 6.07) is 5.35. The third kappa shape index (κ3) is 4.84. The molecule has 2 fully saturated rings. The number of hydrogen-bond donors (Lipinski definition) is 1. The highest BCUT2D eigenvalue weighted by Gasteiger charge is 2.52. The number of carbonyl (C=O) groups is 1. The molecule has 0 amide bonds. The van der Waals surface area contributed by atoms with Crippen LogP contribution in [0.3, 0.4) is 0 Å². The standard InChI is InChI=1S/C24H32BN3O5/c1-15-14-26-22(28-20(15)31-17-9-7-8-10-17)27-16-11-12-19(18(13-16)21(29)30-6)25-32-23(2,3)24(4,5)33-25/h11-14,17H,7-10H2,1-6H3,(H,26,27,28). The van der Waals surface area contributed by atoms with Gasteiger partial charge in [-0.1, -0.05) is 6.07 Å². The Morgan fingerprint density at radius 3 is 2.45 bits per heavy atom. The number of methoxy groups -OCH3 is 1. The van der Waals surface area contributed by atoms with Crippen LogP contribution in [-0.2, 0) is 14.0 Å². The number of aromatic nitrogens is 2. The largest absolute Gasteiger partial charge is 0.495 e. The number of rotatable bonds is 6. The zero-order chi connectivity index (χ0) is 23.8. The highest BCUT2D eigenvalue weighted by atomic mass is 16.7. The Labute approximate surface area is 195 Å². The summed E-state index contributed by atoms with van der Waals surface area (Å²) in [6.07, 6.45) is 6.41. The van der Waals surface area contributed by atoms with Gasteiger partial charge in [-0.3, -0.25) is 0 Å². The third-order valence-electron chi connectivity index (χ3n) is 6.73. The average molecular weight is 453 g/mol. The van der Waals surface area contributed by atoms with E-state index in [0.29, 0.717) is 28.5 Å². The Kier molecular flexibility index (Phi) is 6.38. The molecule has 2 aromatic rings. The highest BCUT2D eigenvalue weighted by Crippen LogP contribution is 2.37. The van der Waals surface area contributed by atoms with Crippen LogP contribution >= 0.6 is 0 Å². The maximum Gasteiger partial charge on any atom is 0.495 e. The van der Waals surface area contributed by atoms with Gasteiger partial charge >= 0.3 is 13.1 Å². The number of carbonyl (C=O) groups excluding carboxylic acids is 1. The van der Waals surface area contributed by atoms with Crippen LogP contribution in [0.25, 0.3) is 0 Å². The van der Waals surface area contributed by atoms with Gasteiger partial charge < -0.3 is 24.1 Å². The van der Waals surface area contributed by atoms with E-state index in [-0.39, 0.29) is 6.10 Å². The molecule has 1 aliphatic heterocycles. The van der Waals surface area contributed by atoms with Crippen LogP contribution < -0.4 is 15.5 Å². The van der Waals surface area contributed by atoms with Crippen LogP contribution in [0.1, 0.15) is 69.3 Å². The minimum Gasteiger partial charge on any atom is -0.474 e. The van der Waals surface area contributed by atoms with Crippen LogP contribution in [0.2, 0.25) is 0 Å². The number of ether oxygens (including phenoxy) is 2. The van der Waals surface area contributed by atoms with Gasteiger partial charge in [0.25, 0.3) is 0 Å². The van der Waals surface area contributed by atoms with E-state index in [1.165, 1.54) is 20.0 Å². The average Bonchev–Trinajstić information content (AvgIpc) is 3.35. The zero-order valence-electron chi connectivity index (χ0n) is 20.2. The summed E-state index contributed by atoms with van der Waals surface area (Å²) in [6.45, 7) is 9.83. The monoisotopic (exact) mass is 453 g/mol. The fourth-order valence-corrected chi connectivity index (χ4v) is 4.00. The number of nitrogens with zero attached hydrogens (tertiary/aromatic N) is 2. The van der Waals surface area contributed by atoms with Crippen molar-refractivity contribution < 1.29 is 23.6 Å². The molecule has 33 heavy (non-hydrogen) atoms. The number of aryl methyl sites for hydroxylation is 1. The molecule has 0 radical (unpaired) electrons. The van der Waals surface area contributed by atoms with Gasteiger partial charge in [-0.25, -0.2) is 9.78 Å². The molecule has 9 heteroatoms. The molecule has 0 bridgehead atoms. The summed E-state index contributed by atoms with van der Waals surface area (Å²) < 4.78 is 23.4. The SMILES string of the molecule is COC(=O)c1cc(Nc2ncc(C)c(OC3CCCC3)n2)ccc1B1OC(C)(C)C(C)(C)O1. The van der Waals surface area contributed by atoms with E-state index >= 15 is 0 Å². The second kappa shape index (κ2) is 8.95. The van der Waals surface area contributed by atoms with Crippen molar-refractivity contribution in [1.82, 2.24) is 9.97 Å². The lowest BCUT2D eigenvalue weighted by atomic mass is 9.75. The molecule has 0 atom stereocenters. The van der Waals surface area contributed by atoms with Gasteiger partial charge in [0, 0.05) is 17.4 Å². The van der Waals surface area contributed by atoms with Crippen LogP contribution in [0.4, 0.5) is 11.6 Å². The second-order valence-electron chi connectivity index (χ2n) is 9.71. The van der Waals surface area contributed by atoms with Crippen LogP contribution in [0.5, 0.6) is 5.88 Å². The predicted molar refractivity (Wildman–Crippen MR) is 126 cm³/mol. The van der Waals surface area contributed by atoms with Crippen molar-refractivity contribution in [3.63, 3.8) is 0 Å². The molecule has 1 aliphatic carbocycles. The molecule has 0 spiro atoms. The summed E-state index contributed by atoms with van der Waals surface area (Å²) in [5.74, 6) is 0.507. The highest BCUT2D eigenvalue weighted by molar-refractivity contribution is 6.63. The van der Waals surface area contributed by atoms with Crippen molar-refractivity contribution in [3.05, 3.63) is 35.5 Å². The molecule has 4 rings (SSSR count). The van der Waals surface area contributed by atoms with E-state index in [0.717, 1.165) is 18.4 Å². The summed E-state index contributed by atoms with van der Waals surface area (Å²) in [5, 5.41) is 3.17. The van der Waals surface area contributed by atoms with Crippen LogP contribution in [0, 0.1) is 6.92 Å². The molecule has 1 saturated carbocycles. The van der Waals surface area contributed by atoms with Crippen molar-refractivity contribution in [2.75, 3.05) is 12.4 Å². The van der Waals surface area contributed by atoms with Crippen molar-refractivity contribution in [2.45, 2.75) is 77.6 Å². The lowest BCUT2D eigenvalue weighted by Crippen LogP contribution is -2.41.